The van der Waals surface area contributed by atoms with E-state index in [1.807, 2.05) is 23.5 Å². The molecule has 0 unspecified atom stereocenters. The van der Waals surface area contributed by atoms with Crippen LogP contribution in [0, 0.1) is 0 Å². The highest BCUT2D eigenvalue weighted by molar-refractivity contribution is 8.04. The zero-order chi connectivity index (χ0) is 42.0. The number of rotatable bonds is 7. The molecule has 0 amide bonds. The van der Waals surface area contributed by atoms with Gasteiger partial charge in [0, 0.05) is 20.1 Å². The summed E-state index contributed by atoms with van der Waals surface area (Å²) in [4.78, 5) is 5.36. The van der Waals surface area contributed by atoms with Crippen molar-refractivity contribution in [3.8, 4) is 33.4 Å². The van der Waals surface area contributed by atoms with Crippen molar-refractivity contribution in [2.24, 2.45) is 0 Å². The summed E-state index contributed by atoms with van der Waals surface area (Å²) in [5.74, 6) is 0. The fourth-order valence-corrected chi connectivity index (χ4v) is 12.1. The van der Waals surface area contributed by atoms with E-state index < -0.39 is 0 Å². The van der Waals surface area contributed by atoms with Crippen molar-refractivity contribution in [2.75, 3.05) is 0 Å². The van der Waals surface area contributed by atoms with E-state index in [1.165, 1.54) is 108 Å². The van der Waals surface area contributed by atoms with Crippen LogP contribution in [0.2, 0.25) is 0 Å². The number of hydrogen-bond acceptors (Lipinski definition) is 2. The predicted octanol–water partition coefficient (Wildman–Crippen LogP) is 15.4. The van der Waals surface area contributed by atoms with Crippen molar-refractivity contribution >= 4 is 62.7 Å². The third kappa shape index (κ3) is 6.84. The molecule has 0 bridgehead atoms. The van der Waals surface area contributed by atoms with Crippen LogP contribution in [0.3, 0.4) is 0 Å². The lowest BCUT2D eigenvalue weighted by Crippen LogP contribution is -2.50. The van der Waals surface area contributed by atoms with Crippen molar-refractivity contribution in [2.45, 2.75) is 67.1 Å². The van der Waals surface area contributed by atoms with Crippen molar-refractivity contribution in [1.29, 1.82) is 0 Å². The third-order valence-electron chi connectivity index (χ3n) is 13.0. The molecule has 0 nitrogen and oxygen atoms in total. The maximum Gasteiger partial charge on any atom is 0.246 e. The summed E-state index contributed by atoms with van der Waals surface area (Å²) in [6.45, 7) is 18.5. The van der Waals surface area contributed by atoms with Crippen LogP contribution in [-0.2, 0) is 10.8 Å². The minimum absolute atomic E-state index is 0.0622. The Balaban J connectivity index is 1.17. The summed E-state index contributed by atoms with van der Waals surface area (Å²) in [5.41, 5.74) is 15.4. The Kier molecular flexibility index (Phi) is 9.89. The van der Waals surface area contributed by atoms with Crippen LogP contribution in [0.5, 0.6) is 0 Å². The van der Waals surface area contributed by atoms with Gasteiger partial charge in [-0.05, 0) is 119 Å². The van der Waals surface area contributed by atoms with E-state index in [9.17, 15) is 0 Å². The van der Waals surface area contributed by atoms with Gasteiger partial charge in [0.2, 0.25) is 6.71 Å². The molecule has 0 saturated carbocycles. The Bertz CT molecular complexity index is 3050. The fourth-order valence-electron chi connectivity index (χ4n) is 9.65. The summed E-state index contributed by atoms with van der Waals surface area (Å²) >= 11 is 3.86. The number of fused-ring (bicyclic) bond motifs is 4. The standard InChI is InChI=1S/C58H49BS2/c1-8-42(58(6,7)43-23-13-10-14-24-43)36-50-37(2)60-52-34-40(35-53-56(52)59(50)49-29-19-20-30-51(49)61-53)39-31-41(33-44(32-39)57(3,4)5)55-47-27-17-15-25-45(47)54(38-21-11-9-12-22-38)46-26-16-18-28-48(46)55/h8-36H,1H2,2-7H3/b42-36+. The molecule has 0 fully saturated rings. The van der Waals surface area contributed by atoms with Crippen LogP contribution >= 0.6 is 23.5 Å². The van der Waals surface area contributed by atoms with Crippen molar-refractivity contribution in [3.63, 3.8) is 0 Å². The van der Waals surface area contributed by atoms with Crippen molar-refractivity contribution < 1.29 is 0 Å². The first kappa shape index (κ1) is 39.4. The highest BCUT2D eigenvalue weighted by Gasteiger charge is 2.39. The molecule has 8 aromatic rings. The predicted molar refractivity (Wildman–Crippen MR) is 268 cm³/mol. The zero-order valence-electron chi connectivity index (χ0n) is 35.8. The van der Waals surface area contributed by atoms with E-state index in [4.69, 9.17) is 0 Å². The molecule has 2 aliphatic rings. The van der Waals surface area contributed by atoms with E-state index in [-0.39, 0.29) is 17.5 Å². The molecule has 0 saturated heterocycles. The second kappa shape index (κ2) is 15.3. The van der Waals surface area contributed by atoms with Gasteiger partial charge in [0.1, 0.15) is 0 Å². The van der Waals surface area contributed by atoms with E-state index in [2.05, 4.69) is 224 Å². The number of hydrogen-bond donors (Lipinski definition) is 0. The molecule has 61 heavy (non-hydrogen) atoms. The van der Waals surface area contributed by atoms with Gasteiger partial charge in [0.05, 0.1) is 0 Å². The van der Waals surface area contributed by atoms with E-state index in [1.54, 1.807) is 0 Å². The molecule has 0 spiro atoms. The first-order chi connectivity index (χ1) is 29.5. The van der Waals surface area contributed by atoms with Gasteiger partial charge < -0.3 is 0 Å². The number of allylic oxidation sites excluding steroid dienone is 5. The summed E-state index contributed by atoms with van der Waals surface area (Å²) < 4.78 is 0. The minimum Gasteiger partial charge on any atom is -0.0988 e. The third-order valence-corrected chi connectivity index (χ3v) is 15.2. The monoisotopic (exact) mass is 820 g/mol. The molecule has 2 heterocycles. The Hall–Kier alpha value is -5.74. The molecular weight excluding hydrogens is 772 g/mol. The summed E-state index contributed by atoms with van der Waals surface area (Å²) in [5, 5.41) is 5.11. The fraction of sp³-hybridized carbons (Fsp3) is 0.138. The van der Waals surface area contributed by atoms with Gasteiger partial charge in [-0.3, -0.25) is 0 Å². The molecule has 2 aliphatic heterocycles. The normalized spacial score (nSPS) is 14.0. The van der Waals surface area contributed by atoms with Crippen LogP contribution in [0.1, 0.15) is 52.7 Å². The Labute approximate surface area is 370 Å². The Morgan fingerprint density at radius 1 is 0.508 bits per heavy atom. The average molecular weight is 821 g/mol. The van der Waals surface area contributed by atoms with Gasteiger partial charge in [-0.2, -0.15) is 0 Å². The number of benzene rings is 8. The van der Waals surface area contributed by atoms with Crippen LogP contribution in [0.15, 0.2) is 213 Å². The SMILES string of the molecule is C=C/C(=C\C1=C(C)Sc2cc(-c3cc(-c4c5ccccc5c(-c5ccccc5)c5ccccc45)cc(C(C)(C)C)c3)cc3c2B1c1ccccc1S3)C(C)(C)c1ccccc1. The van der Waals surface area contributed by atoms with Gasteiger partial charge in [-0.25, -0.2) is 0 Å². The van der Waals surface area contributed by atoms with Crippen LogP contribution < -0.4 is 10.9 Å². The highest BCUT2D eigenvalue weighted by atomic mass is 32.2. The minimum atomic E-state index is -0.203. The number of thioether (sulfide) groups is 1. The lowest BCUT2D eigenvalue weighted by Gasteiger charge is -2.35. The zero-order valence-corrected chi connectivity index (χ0v) is 37.5. The lowest BCUT2D eigenvalue weighted by molar-refractivity contribution is 0.591. The van der Waals surface area contributed by atoms with Crippen molar-refractivity contribution in [1.82, 2.24) is 0 Å². The smallest absolute Gasteiger partial charge is 0.0988 e. The first-order valence-corrected chi connectivity index (χ1v) is 23.0. The molecule has 10 rings (SSSR count). The second-order valence-corrected chi connectivity index (χ2v) is 20.5. The van der Waals surface area contributed by atoms with E-state index >= 15 is 0 Å². The average Bonchev–Trinajstić information content (AvgIpc) is 3.27. The molecule has 0 radical (unpaired) electrons. The van der Waals surface area contributed by atoms with E-state index in [0.29, 0.717) is 0 Å². The summed E-state index contributed by atoms with van der Waals surface area (Å²) in [6, 6.07) is 61.1. The molecule has 0 aliphatic carbocycles. The Morgan fingerprint density at radius 2 is 1.02 bits per heavy atom. The van der Waals surface area contributed by atoms with Gasteiger partial charge in [-0.15, -0.1) is 0 Å². The second-order valence-electron chi connectivity index (χ2n) is 18.1. The van der Waals surface area contributed by atoms with Crippen LogP contribution in [-0.4, -0.2) is 6.71 Å². The van der Waals surface area contributed by atoms with Gasteiger partial charge in [0.25, 0.3) is 0 Å². The molecule has 296 valence electrons. The quantitative estimate of drug-likeness (QED) is 0.0892. The largest absolute Gasteiger partial charge is 0.246 e. The Morgan fingerprint density at radius 3 is 1.62 bits per heavy atom. The van der Waals surface area contributed by atoms with Gasteiger partial charge in [-0.1, -0.05) is 227 Å². The highest BCUT2D eigenvalue weighted by Crippen LogP contribution is 2.48. The van der Waals surface area contributed by atoms with Crippen LogP contribution in [0.25, 0.3) is 54.9 Å². The van der Waals surface area contributed by atoms with E-state index in [0.717, 1.165) is 0 Å². The topological polar surface area (TPSA) is 0 Å². The molecular formula is C58H49BS2. The molecule has 0 N–H and O–H groups in total. The molecule has 3 heteroatoms. The lowest BCUT2D eigenvalue weighted by atomic mass is 9.35. The molecule has 0 aromatic heterocycles. The van der Waals surface area contributed by atoms with Gasteiger partial charge in [0.15, 0.2) is 0 Å². The maximum absolute atomic E-state index is 4.36. The maximum atomic E-state index is 4.36. The van der Waals surface area contributed by atoms with Gasteiger partial charge >= 0.3 is 0 Å². The van der Waals surface area contributed by atoms with Crippen molar-refractivity contribution in [3.05, 3.63) is 210 Å². The summed E-state index contributed by atoms with van der Waals surface area (Å²) in [7, 11) is 0. The first-order valence-electron chi connectivity index (χ1n) is 21.4. The van der Waals surface area contributed by atoms with Crippen LogP contribution in [0.4, 0.5) is 0 Å². The molecule has 8 aromatic carbocycles. The summed E-state index contributed by atoms with van der Waals surface area (Å²) in [6.07, 6.45) is 4.53. The molecule has 0 atom stereocenters.